The average molecular weight is 515 g/mol. The van der Waals surface area contributed by atoms with Gasteiger partial charge < -0.3 is 5.32 Å². The Bertz CT molecular complexity index is 1180. The highest BCUT2D eigenvalue weighted by molar-refractivity contribution is 7.98. The first-order valence-electron chi connectivity index (χ1n) is 10.9. The fraction of sp³-hybridized carbons (Fsp3) is 0.269. The summed E-state index contributed by atoms with van der Waals surface area (Å²) < 4.78 is 28.1. The highest BCUT2D eigenvalue weighted by atomic mass is 32.2. The number of amides is 1. The van der Waals surface area contributed by atoms with Gasteiger partial charge in [0.15, 0.2) is 0 Å². The Morgan fingerprint density at radius 1 is 0.882 bits per heavy atom. The number of thioether (sulfide) groups is 2. The number of sulfonamides is 1. The summed E-state index contributed by atoms with van der Waals surface area (Å²) in [6.07, 6.45) is 1.94. The van der Waals surface area contributed by atoms with Gasteiger partial charge in [-0.15, -0.1) is 11.8 Å². The molecule has 0 heterocycles. The van der Waals surface area contributed by atoms with Gasteiger partial charge in [-0.2, -0.15) is 11.8 Å². The van der Waals surface area contributed by atoms with E-state index >= 15 is 0 Å². The van der Waals surface area contributed by atoms with Gasteiger partial charge in [0.05, 0.1) is 10.6 Å². The standard InChI is InChI=1S/C26H30N2O3S3/c1-20-4-8-22(9-5-20)19-33-17-16-27-26(29)18-28(23-10-6-21(2)7-11-23)34(30,31)25-14-12-24(32-3)13-15-25/h4-15H,16-19H2,1-3H3,(H,27,29). The van der Waals surface area contributed by atoms with Crippen LogP contribution < -0.4 is 9.62 Å². The largest absolute Gasteiger partial charge is 0.354 e. The maximum absolute atomic E-state index is 13.4. The summed E-state index contributed by atoms with van der Waals surface area (Å²) in [5.41, 5.74) is 3.95. The van der Waals surface area contributed by atoms with E-state index in [1.807, 2.05) is 25.3 Å². The van der Waals surface area contributed by atoms with Crippen molar-refractivity contribution < 1.29 is 13.2 Å². The fourth-order valence-corrected chi connectivity index (χ4v) is 5.87. The Kier molecular flexibility index (Phi) is 9.50. The lowest BCUT2D eigenvalue weighted by molar-refractivity contribution is -0.119. The number of benzene rings is 3. The molecule has 34 heavy (non-hydrogen) atoms. The molecule has 0 bridgehead atoms. The van der Waals surface area contributed by atoms with Crippen LogP contribution in [0, 0.1) is 13.8 Å². The third kappa shape index (κ3) is 7.29. The monoisotopic (exact) mass is 514 g/mol. The quantitative estimate of drug-likeness (QED) is 0.279. The normalized spacial score (nSPS) is 11.3. The molecule has 0 fully saturated rings. The number of hydrogen-bond donors (Lipinski definition) is 1. The van der Waals surface area contributed by atoms with Crippen LogP contribution in [-0.4, -0.2) is 39.4 Å². The molecule has 3 aromatic carbocycles. The van der Waals surface area contributed by atoms with Gasteiger partial charge >= 0.3 is 0 Å². The smallest absolute Gasteiger partial charge is 0.264 e. The van der Waals surface area contributed by atoms with Crippen molar-refractivity contribution in [3.63, 3.8) is 0 Å². The molecule has 3 aromatic rings. The van der Waals surface area contributed by atoms with Crippen LogP contribution in [0.4, 0.5) is 5.69 Å². The maximum atomic E-state index is 13.4. The first-order valence-corrected chi connectivity index (χ1v) is 14.7. The van der Waals surface area contributed by atoms with Gasteiger partial charge in [-0.3, -0.25) is 9.10 Å². The molecule has 0 radical (unpaired) electrons. The number of aryl methyl sites for hydroxylation is 2. The van der Waals surface area contributed by atoms with Crippen molar-refractivity contribution >= 4 is 45.1 Å². The summed E-state index contributed by atoms with van der Waals surface area (Å²) in [7, 11) is -3.90. The van der Waals surface area contributed by atoms with Gasteiger partial charge in [0, 0.05) is 22.9 Å². The third-order valence-electron chi connectivity index (χ3n) is 5.21. The van der Waals surface area contributed by atoms with Crippen LogP contribution in [0.25, 0.3) is 0 Å². The second-order valence-electron chi connectivity index (χ2n) is 7.91. The average Bonchev–Trinajstić information content (AvgIpc) is 2.84. The first kappa shape index (κ1) is 26.2. The number of nitrogens with zero attached hydrogens (tertiary/aromatic N) is 1. The third-order valence-corrected chi connectivity index (χ3v) is 8.78. The molecule has 0 aliphatic heterocycles. The van der Waals surface area contributed by atoms with Gasteiger partial charge in [0.2, 0.25) is 5.91 Å². The lowest BCUT2D eigenvalue weighted by Crippen LogP contribution is -2.41. The molecule has 5 nitrogen and oxygen atoms in total. The van der Waals surface area contributed by atoms with Crippen LogP contribution in [-0.2, 0) is 20.6 Å². The van der Waals surface area contributed by atoms with Gasteiger partial charge in [0.1, 0.15) is 6.54 Å². The highest BCUT2D eigenvalue weighted by Gasteiger charge is 2.27. The minimum Gasteiger partial charge on any atom is -0.354 e. The summed E-state index contributed by atoms with van der Waals surface area (Å²) >= 11 is 3.27. The summed E-state index contributed by atoms with van der Waals surface area (Å²) in [5, 5.41) is 2.86. The van der Waals surface area contributed by atoms with Crippen molar-refractivity contribution in [2.45, 2.75) is 29.4 Å². The zero-order chi connectivity index (χ0) is 24.6. The summed E-state index contributed by atoms with van der Waals surface area (Å²) in [4.78, 5) is 13.8. The van der Waals surface area contributed by atoms with Crippen molar-refractivity contribution in [1.29, 1.82) is 0 Å². The van der Waals surface area contributed by atoms with E-state index in [-0.39, 0.29) is 17.3 Å². The molecule has 0 aromatic heterocycles. The minimum absolute atomic E-state index is 0.160. The number of anilines is 1. The van der Waals surface area contributed by atoms with Gasteiger partial charge in [-0.1, -0.05) is 47.5 Å². The zero-order valence-electron chi connectivity index (χ0n) is 19.7. The van der Waals surface area contributed by atoms with Crippen molar-refractivity contribution in [3.05, 3.63) is 89.5 Å². The van der Waals surface area contributed by atoms with E-state index in [0.717, 1.165) is 22.0 Å². The molecule has 0 aliphatic carbocycles. The molecule has 0 atom stereocenters. The van der Waals surface area contributed by atoms with Gasteiger partial charge in [-0.05, 0) is 62.1 Å². The molecule has 0 saturated carbocycles. The van der Waals surface area contributed by atoms with E-state index in [4.69, 9.17) is 0 Å². The molecule has 0 aliphatic rings. The molecule has 180 valence electrons. The van der Waals surface area contributed by atoms with E-state index in [9.17, 15) is 13.2 Å². The van der Waals surface area contributed by atoms with Crippen molar-refractivity contribution in [1.82, 2.24) is 5.32 Å². The Labute approximate surface area is 211 Å². The molecule has 8 heteroatoms. The van der Waals surface area contributed by atoms with E-state index in [0.29, 0.717) is 12.2 Å². The Hall–Kier alpha value is -2.42. The molecule has 1 N–H and O–H groups in total. The van der Waals surface area contributed by atoms with Crippen LogP contribution >= 0.6 is 23.5 Å². The summed E-state index contributed by atoms with van der Waals surface area (Å²) in [5.74, 6) is 1.28. The van der Waals surface area contributed by atoms with Crippen molar-refractivity contribution in [2.75, 3.05) is 29.4 Å². The van der Waals surface area contributed by atoms with E-state index in [1.54, 1.807) is 59.9 Å². The molecular weight excluding hydrogens is 484 g/mol. The summed E-state index contributed by atoms with van der Waals surface area (Å²) in [6, 6.07) is 22.3. The number of hydrogen-bond acceptors (Lipinski definition) is 5. The molecule has 0 saturated heterocycles. The van der Waals surface area contributed by atoms with Crippen molar-refractivity contribution in [3.8, 4) is 0 Å². The molecular formula is C26H30N2O3S3. The lowest BCUT2D eigenvalue weighted by atomic mass is 10.2. The predicted octanol–water partition coefficient (Wildman–Crippen LogP) is 5.27. The molecule has 0 unspecified atom stereocenters. The van der Waals surface area contributed by atoms with Crippen molar-refractivity contribution in [2.24, 2.45) is 0 Å². The van der Waals surface area contributed by atoms with Gasteiger partial charge in [-0.25, -0.2) is 8.42 Å². The van der Waals surface area contributed by atoms with E-state index < -0.39 is 10.0 Å². The second kappa shape index (κ2) is 12.3. The highest BCUT2D eigenvalue weighted by Crippen LogP contribution is 2.25. The zero-order valence-corrected chi connectivity index (χ0v) is 22.1. The topological polar surface area (TPSA) is 66.5 Å². The number of carbonyl (C=O) groups is 1. The molecule has 3 rings (SSSR count). The van der Waals surface area contributed by atoms with Gasteiger partial charge in [0.25, 0.3) is 10.0 Å². The molecule has 0 spiro atoms. The lowest BCUT2D eigenvalue weighted by Gasteiger charge is -2.24. The van der Waals surface area contributed by atoms with Crippen LogP contribution in [0.3, 0.4) is 0 Å². The maximum Gasteiger partial charge on any atom is 0.264 e. The summed E-state index contributed by atoms with van der Waals surface area (Å²) in [6.45, 7) is 4.19. The predicted molar refractivity (Wildman–Crippen MR) is 144 cm³/mol. The van der Waals surface area contributed by atoms with E-state index in [2.05, 4.69) is 36.5 Å². The van der Waals surface area contributed by atoms with Crippen LogP contribution in [0.15, 0.2) is 82.6 Å². The fourth-order valence-electron chi connectivity index (χ4n) is 3.22. The Balaban J connectivity index is 1.64. The molecule has 1 amide bonds. The van der Waals surface area contributed by atoms with E-state index in [1.165, 1.54) is 15.4 Å². The number of carbonyl (C=O) groups excluding carboxylic acids is 1. The van der Waals surface area contributed by atoms with Crippen LogP contribution in [0.5, 0.6) is 0 Å². The van der Waals surface area contributed by atoms with Crippen LogP contribution in [0.2, 0.25) is 0 Å². The SMILES string of the molecule is CSc1ccc(S(=O)(=O)N(CC(=O)NCCSCc2ccc(C)cc2)c2ccc(C)cc2)cc1. The first-order chi connectivity index (χ1) is 16.3. The second-order valence-corrected chi connectivity index (χ2v) is 11.8. The number of rotatable bonds is 11. The Morgan fingerprint density at radius 3 is 2.06 bits per heavy atom. The minimum atomic E-state index is -3.90. The Morgan fingerprint density at radius 2 is 1.47 bits per heavy atom. The van der Waals surface area contributed by atoms with Crippen LogP contribution in [0.1, 0.15) is 16.7 Å². The number of nitrogens with one attached hydrogen (secondary N) is 1.